The highest BCUT2D eigenvalue weighted by Crippen LogP contribution is 2.27. The summed E-state index contributed by atoms with van der Waals surface area (Å²) in [6, 6.07) is 6.85. The Labute approximate surface area is 92.1 Å². The molecule has 0 N–H and O–H groups in total. The Morgan fingerprint density at radius 2 is 1.79 bits per heavy atom. The van der Waals surface area contributed by atoms with Crippen molar-refractivity contribution in [1.29, 1.82) is 0 Å². The zero-order chi connectivity index (χ0) is 9.54. The molecule has 1 aliphatic rings. The highest BCUT2D eigenvalue weighted by Gasteiger charge is 2.11. The van der Waals surface area contributed by atoms with Crippen LogP contribution in [0.1, 0.15) is 24.0 Å². The third-order valence-corrected chi connectivity index (χ3v) is 3.72. The lowest BCUT2D eigenvalue weighted by molar-refractivity contribution is 0.687. The van der Waals surface area contributed by atoms with Gasteiger partial charge in [0.05, 0.1) is 21.7 Å². The third kappa shape index (κ3) is 1.21. The molecule has 0 amide bonds. The van der Waals surface area contributed by atoms with E-state index in [0.29, 0.717) is 0 Å². The fourth-order valence-electron chi connectivity index (χ4n) is 2.34. The van der Waals surface area contributed by atoms with E-state index in [1.54, 1.807) is 11.1 Å². The highest BCUT2D eigenvalue weighted by atomic mass is 79.9. The minimum Gasteiger partial charge on any atom is -0.284 e. The van der Waals surface area contributed by atoms with Gasteiger partial charge in [0.1, 0.15) is 0 Å². The number of hydrogen-bond acceptors (Lipinski definition) is 0. The number of aryl methyl sites for hydroxylation is 2. The first-order chi connectivity index (χ1) is 6.84. The average Bonchev–Trinajstić information content (AvgIpc) is 2.57. The topological polar surface area (TPSA) is 4.93 Å². The van der Waals surface area contributed by atoms with Crippen molar-refractivity contribution >= 4 is 27.1 Å². The molecular formula is C12H12BrN. The largest absolute Gasteiger partial charge is 0.284 e. The van der Waals surface area contributed by atoms with E-state index in [9.17, 15) is 0 Å². The van der Waals surface area contributed by atoms with Crippen molar-refractivity contribution in [2.24, 2.45) is 0 Å². The van der Waals surface area contributed by atoms with Crippen LogP contribution in [0.3, 0.4) is 0 Å². The Hall–Kier alpha value is -0.760. The molecule has 1 aliphatic carbocycles. The molecular weight excluding hydrogens is 238 g/mol. The molecule has 1 aromatic carbocycles. The summed E-state index contributed by atoms with van der Waals surface area (Å²) in [6.45, 7) is 0. The minimum absolute atomic E-state index is 1.25. The maximum absolute atomic E-state index is 3.51. The summed E-state index contributed by atoms with van der Waals surface area (Å²) in [4.78, 5) is 0. The Balaban J connectivity index is 2.29. The van der Waals surface area contributed by atoms with Gasteiger partial charge in [0.2, 0.25) is 0 Å². The van der Waals surface area contributed by atoms with Crippen LogP contribution in [0.4, 0.5) is 0 Å². The van der Waals surface area contributed by atoms with E-state index in [1.807, 2.05) is 3.59 Å². The normalized spacial score (nSPS) is 15.8. The van der Waals surface area contributed by atoms with Crippen molar-refractivity contribution in [1.82, 2.24) is 3.59 Å². The second-order valence-electron chi connectivity index (χ2n) is 4.01. The lowest BCUT2D eigenvalue weighted by atomic mass is 9.91. The number of benzene rings is 1. The fourth-order valence-corrected chi connectivity index (χ4v) is 2.76. The summed E-state index contributed by atoms with van der Waals surface area (Å²) in [7, 11) is 0. The predicted molar refractivity (Wildman–Crippen MR) is 62.9 cm³/mol. The minimum atomic E-state index is 1.25. The molecule has 14 heavy (non-hydrogen) atoms. The molecule has 1 heterocycles. The van der Waals surface area contributed by atoms with E-state index >= 15 is 0 Å². The van der Waals surface area contributed by atoms with Gasteiger partial charge in [-0.2, -0.15) is 0 Å². The van der Waals surface area contributed by atoms with Gasteiger partial charge in [0.25, 0.3) is 0 Å². The second kappa shape index (κ2) is 3.13. The highest BCUT2D eigenvalue weighted by molar-refractivity contribution is 9.08. The van der Waals surface area contributed by atoms with Gasteiger partial charge < -0.3 is 0 Å². The first-order valence-corrected chi connectivity index (χ1v) is 5.84. The number of fused-ring (bicyclic) bond motifs is 2. The van der Waals surface area contributed by atoms with Crippen LogP contribution < -0.4 is 0 Å². The molecule has 0 saturated carbocycles. The molecule has 0 aliphatic heterocycles. The molecule has 0 radical (unpaired) electrons. The monoisotopic (exact) mass is 249 g/mol. The zero-order valence-electron chi connectivity index (χ0n) is 7.96. The number of hydrogen-bond donors (Lipinski definition) is 0. The summed E-state index contributed by atoms with van der Waals surface area (Å²) in [5, 5.41) is 1.35. The summed E-state index contributed by atoms with van der Waals surface area (Å²) < 4.78 is 2.03. The van der Waals surface area contributed by atoms with Gasteiger partial charge in [0, 0.05) is 11.6 Å². The average molecular weight is 250 g/mol. The van der Waals surface area contributed by atoms with Gasteiger partial charge in [-0.05, 0) is 55.0 Å². The molecule has 0 spiro atoms. The number of rotatable bonds is 0. The predicted octanol–water partition coefficient (Wildman–Crippen LogP) is 3.68. The first kappa shape index (κ1) is 8.54. The summed E-state index contributed by atoms with van der Waals surface area (Å²) in [5.74, 6) is 0. The molecule has 0 atom stereocenters. The van der Waals surface area contributed by atoms with Gasteiger partial charge in [-0.15, -0.1) is 0 Å². The Kier molecular flexibility index (Phi) is 1.91. The molecule has 1 aromatic heterocycles. The molecule has 0 bridgehead atoms. The number of aromatic nitrogens is 1. The van der Waals surface area contributed by atoms with E-state index in [2.05, 4.69) is 40.5 Å². The first-order valence-electron chi connectivity index (χ1n) is 5.13. The van der Waals surface area contributed by atoms with Gasteiger partial charge in [-0.1, -0.05) is 0 Å². The number of halogens is 1. The Morgan fingerprint density at radius 1 is 1.07 bits per heavy atom. The van der Waals surface area contributed by atoms with Crippen LogP contribution in [0.2, 0.25) is 0 Å². The third-order valence-electron chi connectivity index (χ3n) is 3.11. The second-order valence-corrected chi connectivity index (χ2v) is 4.78. The van der Waals surface area contributed by atoms with Crippen LogP contribution in [0.5, 0.6) is 0 Å². The molecule has 0 fully saturated rings. The standard InChI is InChI=1S/C12H12BrN/c13-14-6-5-11-7-9-3-1-2-4-10(9)8-12(11)14/h5-8H,1-4H2. The lowest BCUT2D eigenvalue weighted by Crippen LogP contribution is -2.02. The van der Waals surface area contributed by atoms with Gasteiger partial charge >= 0.3 is 0 Å². The summed E-state index contributed by atoms with van der Waals surface area (Å²) >= 11 is 3.51. The van der Waals surface area contributed by atoms with Crippen molar-refractivity contribution < 1.29 is 0 Å². The van der Waals surface area contributed by atoms with Crippen LogP contribution in [-0.4, -0.2) is 3.59 Å². The van der Waals surface area contributed by atoms with E-state index in [-0.39, 0.29) is 0 Å². The zero-order valence-corrected chi connectivity index (χ0v) is 9.55. The van der Waals surface area contributed by atoms with Gasteiger partial charge in [-0.25, -0.2) is 0 Å². The quantitative estimate of drug-likeness (QED) is 0.672. The number of nitrogens with zero attached hydrogens (tertiary/aromatic N) is 1. The van der Waals surface area contributed by atoms with Crippen LogP contribution in [0.25, 0.3) is 10.9 Å². The molecule has 3 rings (SSSR count). The van der Waals surface area contributed by atoms with Gasteiger partial charge in [0.15, 0.2) is 0 Å². The van der Waals surface area contributed by atoms with Crippen LogP contribution >= 0.6 is 16.1 Å². The molecule has 2 aromatic rings. The maximum atomic E-state index is 3.51. The fraction of sp³-hybridized carbons (Fsp3) is 0.333. The van der Waals surface area contributed by atoms with E-state index in [0.717, 1.165) is 0 Å². The molecule has 1 nitrogen and oxygen atoms in total. The molecule has 2 heteroatoms. The van der Waals surface area contributed by atoms with Gasteiger partial charge in [-0.3, -0.25) is 3.59 Å². The SMILES string of the molecule is Brn1ccc2cc3c(cc21)CCCC3. The molecule has 0 unspecified atom stereocenters. The van der Waals surface area contributed by atoms with Crippen LogP contribution in [0, 0.1) is 0 Å². The Morgan fingerprint density at radius 3 is 2.57 bits per heavy atom. The van der Waals surface area contributed by atoms with Crippen molar-refractivity contribution in [3.8, 4) is 0 Å². The van der Waals surface area contributed by atoms with E-state index in [4.69, 9.17) is 0 Å². The Bertz CT molecular complexity index is 484. The van der Waals surface area contributed by atoms with Crippen LogP contribution in [-0.2, 0) is 12.8 Å². The van der Waals surface area contributed by atoms with Crippen molar-refractivity contribution in [3.05, 3.63) is 35.5 Å². The molecule has 72 valence electrons. The maximum Gasteiger partial charge on any atom is 0.0594 e. The van der Waals surface area contributed by atoms with Crippen molar-refractivity contribution in [2.75, 3.05) is 0 Å². The van der Waals surface area contributed by atoms with Crippen molar-refractivity contribution in [3.63, 3.8) is 0 Å². The van der Waals surface area contributed by atoms with Crippen LogP contribution in [0.15, 0.2) is 24.4 Å². The van der Waals surface area contributed by atoms with E-state index < -0.39 is 0 Å². The molecule has 0 saturated heterocycles. The summed E-state index contributed by atoms with van der Waals surface area (Å²) in [6.07, 6.45) is 7.29. The van der Waals surface area contributed by atoms with Crippen molar-refractivity contribution in [2.45, 2.75) is 25.7 Å². The summed E-state index contributed by atoms with van der Waals surface area (Å²) in [5.41, 5.74) is 4.40. The van der Waals surface area contributed by atoms with E-state index in [1.165, 1.54) is 36.6 Å². The smallest absolute Gasteiger partial charge is 0.0594 e. The lowest BCUT2D eigenvalue weighted by Gasteiger charge is -2.15.